The Kier molecular flexibility index (Phi) is 8.78. The first kappa shape index (κ1) is 32.8. The number of carbonyl (C=O) groups is 1. The van der Waals surface area contributed by atoms with Crippen molar-refractivity contribution in [3.05, 3.63) is 94.3 Å². The predicted molar refractivity (Wildman–Crippen MR) is 184 cm³/mol. The molecule has 50 heavy (non-hydrogen) atoms. The Morgan fingerprint density at radius 1 is 1.04 bits per heavy atom. The van der Waals surface area contributed by atoms with E-state index in [2.05, 4.69) is 54.2 Å². The van der Waals surface area contributed by atoms with E-state index in [-0.39, 0.29) is 52.0 Å². The van der Waals surface area contributed by atoms with Crippen molar-refractivity contribution in [2.24, 2.45) is 5.41 Å². The van der Waals surface area contributed by atoms with Crippen molar-refractivity contribution in [3.63, 3.8) is 0 Å². The molecule has 0 radical (unpaired) electrons. The van der Waals surface area contributed by atoms with E-state index < -0.39 is 5.82 Å². The number of fused-ring (bicyclic) bond motifs is 1. The normalized spacial score (nSPS) is 21.7. The molecule has 260 valence electrons. The van der Waals surface area contributed by atoms with Crippen LogP contribution in [0.3, 0.4) is 0 Å². The quantitative estimate of drug-likeness (QED) is 0.227. The first-order valence-corrected chi connectivity index (χ1v) is 17.5. The number of benzene rings is 2. The van der Waals surface area contributed by atoms with Gasteiger partial charge in [-0.1, -0.05) is 30.3 Å². The molecule has 3 aliphatic heterocycles. The van der Waals surface area contributed by atoms with Crippen molar-refractivity contribution < 1.29 is 23.4 Å². The number of carbonyl (C=O) groups excluding carboxylic acids is 1. The van der Waals surface area contributed by atoms with Gasteiger partial charge in [0.1, 0.15) is 23.4 Å². The van der Waals surface area contributed by atoms with Gasteiger partial charge in [-0.25, -0.2) is 4.39 Å². The maximum absolute atomic E-state index is 14.5. The van der Waals surface area contributed by atoms with Crippen LogP contribution in [0.5, 0.6) is 17.4 Å². The zero-order valence-electron chi connectivity index (χ0n) is 28.1. The summed E-state index contributed by atoms with van der Waals surface area (Å²) in [7, 11) is 0. The molecule has 0 bridgehead atoms. The van der Waals surface area contributed by atoms with Gasteiger partial charge >= 0.3 is 0 Å². The molecular formula is C37H39ClFN7O4. The van der Waals surface area contributed by atoms with Crippen LogP contribution in [0.2, 0.25) is 5.28 Å². The second-order valence-electron chi connectivity index (χ2n) is 14.1. The molecule has 3 fully saturated rings. The molecule has 4 aliphatic rings. The number of nitrogens with zero attached hydrogens (tertiary/aromatic N) is 7. The minimum absolute atomic E-state index is 0.0155. The van der Waals surface area contributed by atoms with Crippen LogP contribution in [0, 0.1) is 11.2 Å². The summed E-state index contributed by atoms with van der Waals surface area (Å²) in [6.45, 7) is 8.73. The Labute approximate surface area is 295 Å². The molecule has 2 saturated heterocycles. The predicted octanol–water partition coefficient (Wildman–Crippen LogP) is 5.71. The van der Waals surface area contributed by atoms with Crippen LogP contribution < -0.4 is 14.4 Å². The third-order valence-electron chi connectivity index (χ3n) is 10.3. The number of morpholine rings is 1. The van der Waals surface area contributed by atoms with E-state index in [0.717, 1.165) is 63.4 Å². The minimum Gasteiger partial charge on any atom is -0.490 e. The summed E-state index contributed by atoms with van der Waals surface area (Å²) in [5, 5.41) is 8.09. The van der Waals surface area contributed by atoms with E-state index in [1.54, 1.807) is 4.90 Å². The number of pyridine rings is 1. The lowest BCUT2D eigenvalue weighted by atomic mass is 9.61. The number of hydrogen-bond acceptors (Lipinski definition) is 10. The molecular weight excluding hydrogens is 661 g/mol. The molecule has 1 amide bonds. The molecule has 1 spiro atoms. The van der Waals surface area contributed by atoms with Crippen molar-refractivity contribution in [3.8, 4) is 17.4 Å². The first-order chi connectivity index (χ1) is 24.2. The van der Waals surface area contributed by atoms with E-state index in [4.69, 9.17) is 25.8 Å². The highest BCUT2D eigenvalue weighted by atomic mass is 35.5. The Bertz CT molecular complexity index is 1880. The maximum Gasteiger partial charge on any atom is 0.282 e. The summed E-state index contributed by atoms with van der Waals surface area (Å²) < 4.78 is 32.9. The standard InChI is InChI=1S/C37H39ClFN7O4/c1-23-19-48-20-24(2)46(23)35(47)28-14-26(39)8-9-31(28)50-34-33(41-36(38)43-42-34)45-21-37(22-45)15-27(16-37)49-32-10-12-40-30-11-13-44(18-29(30)32)17-25-6-4-3-5-7-25/h3-10,12,14,23-24,27H,11,13,15-22H2,1-2H3/t23-,24+. The van der Waals surface area contributed by atoms with E-state index >= 15 is 0 Å². The molecule has 5 heterocycles. The topological polar surface area (TPSA) is 106 Å². The van der Waals surface area contributed by atoms with Crippen LogP contribution in [0.1, 0.15) is 53.9 Å². The van der Waals surface area contributed by atoms with Crippen LogP contribution in [0.25, 0.3) is 0 Å². The maximum atomic E-state index is 14.5. The number of amides is 1. The molecule has 1 aliphatic carbocycles. The van der Waals surface area contributed by atoms with Crippen molar-refractivity contribution in [2.75, 3.05) is 37.7 Å². The Morgan fingerprint density at radius 2 is 1.82 bits per heavy atom. The third-order valence-corrected chi connectivity index (χ3v) is 10.4. The number of aromatic nitrogens is 4. The summed E-state index contributed by atoms with van der Waals surface area (Å²) >= 11 is 6.21. The van der Waals surface area contributed by atoms with Gasteiger partial charge in [0.2, 0.25) is 5.28 Å². The molecule has 11 nitrogen and oxygen atoms in total. The number of hydrogen-bond donors (Lipinski definition) is 0. The van der Waals surface area contributed by atoms with Crippen molar-refractivity contribution >= 4 is 23.3 Å². The van der Waals surface area contributed by atoms with Crippen LogP contribution in [0.15, 0.2) is 60.8 Å². The Morgan fingerprint density at radius 3 is 2.60 bits per heavy atom. The lowest BCUT2D eigenvalue weighted by Gasteiger charge is -2.58. The summed E-state index contributed by atoms with van der Waals surface area (Å²) in [6.07, 6.45) is 4.68. The van der Waals surface area contributed by atoms with Gasteiger partial charge in [0.05, 0.1) is 30.9 Å². The molecule has 8 rings (SSSR count). The van der Waals surface area contributed by atoms with Gasteiger partial charge in [-0.15, -0.1) is 10.2 Å². The summed E-state index contributed by atoms with van der Waals surface area (Å²) in [6, 6.07) is 16.1. The molecule has 0 N–H and O–H groups in total. The minimum atomic E-state index is -0.543. The average molecular weight is 700 g/mol. The zero-order valence-corrected chi connectivity index (χ0v) is 28.9. The van der Waals surface area contributed by atoms with E-state index in [0.29, 0.717) is 19.0 Å². The largest absolute Gasteiger partial charge is 0.490 e. The van der Waals surface area contributed by atoms with E-state index in [1.165, 1.54) is 29.3 Å². The van der Waals surface area contributed by atoms with Crippen molar-refractivity contribution in [1.82, 2.24) is 30.0 Å². The monoisotopic (exact) mass is 699 g/mol. The Hall–Kier alpha value is -4.39. The number of ether oxygens (including phenoxy) is 3. The fourth-order valence-corrected chi connectivity index (χ4v) is 7.98. The molecule has 0 unspecified atom stereocenters. The SMILES string of the molecule is C[C@@H]1COC[C@H](C)N1C(=O)c1cc(F)ccc1Oc1nnc(Cl)nc1N1CC2(CC(Oc3ccnc4c3CN(Cc3ccccc3)CC4)C2)C1. The van der Waals surface area contributed by atoms with Gasteiger partial charge < -0.3 is 24.0 Å². The highest BCUT2D eigenvalue weighted by Gasteiger charge is 2.54. The summed E-state index contributed by atoms with van der Waals surface area (Å²) in [5.74, 6) is 0.732. The number of rotatable bonds is 8. The average Bonchev–Trinajstić information content (AvgIpc) is 3.07. The highest BCUT2D eigenvalue weighted by molar-refractivity contribution is 6.28. The number of halogens is 2. The van der Waals surface area contributed by atoms with Gasteiger partial charge in [-0.05, 0) is 68.1 Å². The summed E-state index contributed by atoms with van der Waals surface area (Å²) in [4.78, 5) is 29.0. The molecule has 4 aromatic rings. The highest BCUT2D eigenvalue weighted by Crippen LogP contribution is 2.52. The van der Waals surface area contributed by atoms with E-state index in [9.17, 15) is 9.18 Å². The fourth-order valence-electron chi connectivity index (χ4n) is 7.86. The zero-order chi connectivity index (χ0) is 34.4. The fraction of sp³-hybridized carbons (Fsp3) is 0.432. The molecule has 2 aromatic heterocycles. The van der Waals surface area contributed by atoms with Gasteiger partial charge in [-0.2, -0.15) is 4.98 Å². The van der Waals surface area contributed by atoms with Crippen molar-refractivity contribution in [2.45, 2.75) is 64.4 Å². The van der Waals surface area contributed by atoms with Crippen molar-refractivity contribution in [1.29, 1.82) is 0 Å². The molecule has 2 aromatic carbocycles. The summed E-state index contributed by atoms with van der Waals surface area (Å²) in [5.41, 5.74) is 3.77. The molecule has 13 heteroatoms. The van der Waals surface area contributed by atoms with Crippen LogP contribution in [-0.2, 0) is 24.2 Å². The lowest BCUT2D eigenvalue weighted by molar-refractivity contribution is -0.0353. The smallest absolute Gasteiger partial charge is 0.282 e. The Balaban J connectivity index is 0.929. The lowest BCUT2D eigenvalue weighted by Crippen LogP contribution is -2.65. The van der Waals surface area contributed by atoms with Crippen LogP contribution in [0.4, 0.5) is 10.2 Å². The van der Waals surface area contributed by atoms with Gasteiger partial charge in [0, 0.05) is 62.0 Å². The van der Waals surface area contributed by atoms with Gasteiger partial charge in [-0.3, -0.25) is 14.7 Å². The van der Waals surface area contributed by atoms with E-state index in [1.807, 2.05) is 32.2 Å². The molecule has 2 atom stereocenters. The van der Waals surface area contributed by atoms with Gasteiger partial charge in [0.15, 0.2) is 5.82 Å². The second-order valence-corrected chi connectivity index (χ2v) is 14.4. The van der Waals surface area contributed by atoms with Gasteiger partial charge in [0.25, 0.3) is 11.8 Å². The molecule has 1 saturated carbocycles. The third kappa shape index (κ3) is 6.47. The first-order valence-electron chi connectivity index (χ1n) is 17.2. The second kappa shape index (κ2) is 13.4. The van der Waals surface area contributed by atoms with Crippen LogP contribution >= 0.6 is 11.6 Å². The number of anilines is 1. The van der Waals surface area contributed by atoms with Crippen LogP contribution in [-0.4, -0.2) is 86.9 Å².